The van der Waals surface area contributed by atoms with Crippen molar-refractivity contribution in [3.63, 3.8) is 0 Å². The third-order valence-electron chi connectivity index (χ3n) is 4.69. The maximum Gasteiger partial charge on any atom is 0.275 e. The number of amides is 1. The van der Waals surface area contributed by atoms with Crippen LogP contribution in [0.3, 0.4) is 0 Å². The molecule has 3 fully saturated rings. The van der Waals surface area contributed by atoms with Crippen LogP contribution in [0.1, 0.15) is 25.7 Å². The largest absolute Gasteiger partial charge is 0.370 e. The van der Waals surface area contributed by atoms with Crippen molar-refractivity contribution < 1.29 is 14.4 Å². The van der Waals surface area contributed by atoms with Crippen molar-refractivity contribution in [3.8, 4) is 0 Å². The summed E-state index contributed by atoms with van der Waals surface area (Å²) >= 11 is 0. The van der Waals surface area contributed by atoms with E-state index in [9.17, 15) is 4.79 Å². The van der Waals surface area contributed by atoms with Gasteiger partial charge in [0.25, 0.3) is 5.91 Å². The molecule has 3 atom stereocenters. The summed E-state index contributed by atoms with van der Waals surface area (Å²) in [5, 5.41) is 3.26. The van der Waals surface area contributed by atoms with Crippen LogP contribution < -0.4 is 10.2 Å². The van der Waals surface area contributed by atoms with Gasteiger partial charge in [0.1, 0.15) is 13.1 Å². The number of quaternary nitrogens is 1. The zero-order chi connectivity index (χ0) is 11.7. The van der Waals surface area contributed by atoms with Crippen LogP contribution in [0.15, 0.2) is 0 Å². The predicted molar refractivity (Wildman–Crippen MR) is 63.8 cm³/mol. The fourth-order valence-corrected chi connectivity index (χ4v) is 3.74. The molecule has 2 saturated carbocycles. The van der Waals surface area contributed by atoms with Gasteiger partial charge in [-0.3, -0.25) is 4.79 Å². The van der Waals surface area contributed by atoms with Crippen LogP contribution in [-0.2, 0) is 9.53 Å². The first-order chi connectivity index (χ1) is 8.31. The number of morpholine rings is 1. The predicted octanol–water partition coefficient (Wildman–Crippen LogP) is -0.794. The highest BCUT2D eigenvalue weighted by Gasteiger charge is 2.40. The Morgan fingerprint density at radius 2 is 2.06 bits per heavy atom. The van der Waals surface area contributed by atoms with E-state index in [4.69, 9.17) is 4.74 Å². The molecule has 0 aromatic carbocycles. The molecule has 0 aromatic heterocycles. The van der Waals surface area contributed by atoms with Crippen molar-refractivity contribution >= 4 is 5.91 Å². The molecule has 17 heavy (non-hydrogen) atoms. The molecule has 4 heteroatoms. The maximum atomic E-state index is 12.0. The Morgan fingerprint density at radius 3 is 2.71 bits per heavy atom. The second kappa shape index (κ2) is 4.94. The van der Waals surface area contributed by atoms with Gasteiger partial charge in [0.05, 0.1) is 13.2 Å². The quantitative estimate of drug-likeness (QED) is 0.677. The Kier molecular flexibility index (Phi) is 3.34. The smallest absolute Gasteiger partial charge is 0.275 e. The molecule has 96 valence electrons. The summed E-state index contributed by atoms with van der Waals surface area (Å²) < 4.78 is 5.30. The van der Waals surface area contributed by atoms with Gasteiger partial charge in [-0.2, -0.15) is 0 Å². The van der Waals surface area contributed by atoms with E-state index in [0.29, 0.717) is 12.6 Å². The van der Waals surface area contributed by atoms with Crippen LogP contribution in [0.25, 0.3) is 0 Å². The molecule has 2 N–H and O–H groups in total. The summed E-state index contributed by atoms with van der Waals surface area (Å²) in [6.45, 7) is 4.19. The van der Waals surface area contributed by atoms with Crippen LogP contribution in [0.5, 0.6) is 0 Å². The molecule has 0 spiro atoms. The molecule has 0 radical (unpaired) electrons. The molecule has 3 rings (SSSR count). The van der Waals surface area contributed by atoms with Crippen molar-refractivity contribution in [2.75, 3.05) is 32.8 Å². The number of fused-ring (bicyclic) bond motifs is 2. The van der Waals surface area contributed by atoms with Crippen molar-refractivity contribution in [2.45, 2.75) is 31.7 Å². The van der Waals surface area contributed by atoms with Gasteiger partial charge in [-0.1, -0.05) is 6.42 Å². The number of rotatable bonds is 3. The monoisotopic (exact) mass is 239 g/mol. The van der Waals surface area contributed by atoms with E-state index < -0.39 is 0 Å². The van der Waals surface area contributed by atoms with Crippen LogP contribution in [0.4, 0.5) is 0 Å². The normalized spacial score (nSPS) is 37.3. The Hall–Kier alpha value is -0.610. The molecule has 1 heterocycles. The van der Waals surface area contributed by atoms with Gasteiger partial charge in [-0.05, 0) is 31.1 Å². The minimum Gasteiger partial charge on any atom is -0.370 e. The van der Waals surface area contributed by atoms with E-state index in [2.05, 4.69) is 5.32 Å². The van der Waals surface area contributed by atoms with Gasteiger partial charge < -0.3 is 15.0 Å². The average Bonchev–Trinajstić information content (AvgIpc) is 2.92. The highest BCUT2D eigenvalue weighted by Crippen LogP contribution is 2.44. The Labute approximate surface area is 103 Å². The van der Waals surface area contributed by atoms with Gasteiger partial charge in [-0.25, -0.2) is 0 Å². The van der Waals surface area contributed by atoms with Crippen LogP contribution >= 0.6 is 0 Å². The third kappa shape index (κ3) is 2.63. The lowest BCUT2D eigenvalue weighted by Crippen LogP contribution is -3.15. The van der Waals surface area contributed by atoms with Crippen molar-refractivity contribution in [1.82, 2.24) is 5.32 Å². The minimum atomic E-state index is 0.249. The SMILES string of the molecule is O=C(C[NH+]1CCOCC1)N[C@@H]1C[C@@H]2CC[C@H]1C2. The number of nitrogens with one attached hydrogen (secondary N) is 2. The third-order valence-corrected chi connectivity index (χ3v) is 4.69. The standard InChI is InChI=1S/C13H22N2O2/c16-13(9-15-3-5-17-6-4-15)14-12-8-10-1-2-11(12)7-10/h10-12H,1-9H2,(H,14,16)/p+1/t10-,11+,12-/m1/s1. The fraction of sp³-hybridized carbons (Fsp3) is 0.923. The Morgan fingerprint density at radius 1 is 1.24 bits per heavy atom. The van der Waals surface area contributed by atoms with Gasteiger partial charge >= 0.3 is 0 Å². The van der Waals surface area contributed by atoms with Crippen LogP contribution in [0.2, 0.25) is 0 Å². The van der Waals surface area contributed by atoms with E-state index in [1.54, 1.807) is 0 Å². The molecule has 3 aliphatic rings. The molecule has 1 aliphatic heterocycles. The Bertz CT molecular complexity index is 289. The molecule has 4 nitrogen and oxygen atoms in total. The van der Waals surface area contributed by atoms with Crippen LogP contribution in [0, 0.1) is 11.8 Å². The van der Waals surface area contributed by atoms with Crippen molar-refractivity contribution in [2.24, 2.45) is 11.8 Å². The fourth-order valence-electron chi connectivity index (χ4n) is 3.74. The summed E-state index contributed by atoms with van der Waals surface area (Å²) in [5.41, 5.74) is 0. The molecular formula is C13H23N2O2+. The summed E-state index contributed by atoms with van der Waals surface area (Å²) in [5.74, 6) is 1.93. The molecule has 0 aromatic rings. The average molecular weight is 239 g/mol. The molecule has 1 amide bonds. The van der Waals surface area contributed by atoms with E-state index >= 15 is 0 Å². The molecular weight excluding hydrogens is 216 g/mol. The summed E-state index contributed by atoms with van der Waals surface area (Å²) in [6, 6.07) is 0.488. The summed E-state index contributed by atoms with van der Waals surface area (Å²) in [4.78, 5) is 13.3. The lowest BCUT2D eigenvalue weighted by Gasteiger charge is -2.26. The molecule has 0 unspecified atom stereocenters. The first kappa shape index (κ1) is 11.5. The van der Waals surface area contributed by atoms with Gasteiger partial charge in [0.2, 0.25) is 0 Å². The lowest BCUT2D eigenvalue weighted by atomic mass is 9.95. The summed E-state index contributed by atoms with van der Waals surface area (Å²) in [7, 11) is 0. The van der Waals surface area contributed by atoms with Crippen LogP contribution in [-0.4, -0.2) is 44.8 Å². The van der Waals surface area contributed by atoms with Gasteiger partial charge in [0.15, 0.2) is 6.54 Å². The van der Waals surface area contributed by atoms with Gasteiger partial charge in [-0.15, -0.1) is 0 Å². The second-order valence-electron chi connectivity index (χ2n) is 5.89. The van der Waals surface area contributed by atoms with Gasteiger partial charge in [0, 0.05) is 6.04 Å². The highest BCUT2D eigenvalue weighted by molar-refractivity contribution is 5.77. The van der Waals surface area contributed by atoms with E-state index in [-0.39, 0.29) is 5.91 Å². The number of carbonyl (C=O) groups is 1. The van der Waals surface area contributed by atoms with Crippen molar-refractivity contribution in [3.05, 3.63) is 0 Å². The topological polar surface area (TPSA) is 42.8 Å². The Balaban J connectivity index is 1.44. The minimum absolute atomic E-state index is 0.249. The number of hydrogen-bond donors (Lipinski definition) is 2. The molecule has 1 saturated heterocycles. The number of carbonyl (C=O) groups excluding carboxylic acids is 1. The zero-order valence-electron chi connectivity index (χ0n) is 10.4. The summed E-state index contributed by atoms with van der Waals surface area (Å²) in [6.07, 6.45) is 5.32. The maximum absolute atomic E-state index is 12.0. The van der Waals surface area contributed by atoms with E-state index in [1.807, 2.05) is 0 Å². The van der Waals surface area contributed by atoms with Crippen molar-refractivity contribution in [1.29, 1.82) is 0 Å². The molecule has 2 aliphatic carbocycles. The second-order valence-corrected chi connectivity index (χ2v) is 5.89. The highest BCUT2D eigenvalue weighted by atomic mass is 16.5. The lowest BCUT2D eigenvalue weighted by molar-refractivity contribution is -0.900. The molecule has 2 bridgehead atoms. The zero-order valence-corrected chi connectivity index (χ0v) is 10.4. The van der Waals surface area contributed by atoms with E-state index in [0.717, 1.165) is 38.1 Å². The van der Waals surface area contributed by atoms with E-state index in [1.165, 1.54) is 30.6 Å². The first-order valence-corrected chi connectivity index (χ1v) is 7.02. The number of ether oxygens (including phenoxy) is 1. The number of hydrogen-bond acceptors (Lipinski definition) is 2. The first-order valence-electron chi connectivity index (χ1n) is 7.02.